The van der Waals surface area contributed by atoms with E-state index >= 15 is 0 Å². The summed E-state index contributed by atoms with van der Waals surface area (Å²) in [6, 6.07) is 0.376. The van der Waals surface area contributed by atoms with Gasteiger partial charge in [0.05, 0.1) is 18.1 Å². The summed E-state index contributed by atoms with van der Waals surface area (Å²) >= 11 is 0. The van der Waals surface area contributed by atoms with Gasteiger partial charge in [0.1, 0.15) is 9.84 Å². The molecule has 2 atom stereocenters. The van der Waals surface area contributed by atoms with Gasteiger partial charge in [-0.1, -0.05) is 6.92 Å². The highest BCUT2D eigenvalue weighted by atomic mass is 127. The Bertz CT molecular complexity index is 618. The lowest BCUT2D eigenvalue weighted by Gasteiger charge is -2.39. The van der Waals surface area contributed by atoms with Crippen LogP contribution in [-0.4, -0.2) is 67.5 Å². The van der Waals surface area contributed by atoms with Gasteiger partial charge in [-0.25, -0.2) is 13.4 Å². The standard InChI is InChI=1S/C15H27N5O2S.HI/c1-13-5-8-19(11-14(13)20-9-7-17-12-20)15(16-2)18-6-4-10-23(3,21)22;/h7,9,12-14H,4-6,8,10-11H2,1-3H3,(H,16,18);1H. The third-order valence-corrected chi connectivity index (χ3v) is 5.34. The number of halogens is 1. The SMILES string of the molecule is CN=C(NCCCS(C)(=O)=O)N1CCC(C)C(n2ccnc2)C1.I. The van der Waals surface area contributed by atoms with Gasteiger partial charge in [0.2, 0.25) is 0 Å². The molecule has 0 saturated carbocycles. The van der Waals surface area contributed by atoms with Gasteiger partial charge in [-0.2, -0.15) is 0 Å². The van der Waals surface area contributed by atoms with E-state index in [0.29, 0.717) is 24.9 Å². The molecule has 0 aliphatic carbocycles. The summed E-state index contributed by atoms with van der Waals surface area (Å²) in [5, 5.41) is 3.28. The third-order valence-electron chi connectivity index (χ3n) is 4.31. The fourth-order valence-electron chi connectivity index (χ4n) is 2.96. The van der Waals surface area contributed by atoms with Crippen molar-refractivity contribution in [2.24, 2.45) is 10.9 Å². The quantitative estimate of drug-likeness (QED) is 0.305. The molecule has 1 saturated heterocycles. The van der Waals surface area contributed by atoms with Crippen LogP contribution in [0.2, 0.25) is 0 Å². The second-order valence-electron chi connectivity index (χ2n) is 6.25. The predicted octanol–water partition coefficient (Wildman–Crippen LogP) is 1.39. The van der Waals surface area contributed by atoms with E-state index in [4.69, 9.17) is 0 Å². The number of nitrogens with zero attached hydrogens (tertiary/aromatic N) is 4. The zero-order valence-electron chi connectivity index (χ0n) is 14.6. The van der Waals surface area contributed by atoms with Crippen LogP contribution in [0.4, 0.5) is 0 Å². The first-order valence-corrected chi connectivity index (χ1v) is 10.1. The summed E-state index contributed by atoms with van der Waals surface area (Å²) in [6.45, 7) is 4.72. The topological polar surface area (TPSA) is 79.6 Å². The summed E-state index contributed by atoms with van der Waals surface area (Å²) < 4.78 is 24.5. The number of nitrogens with one attached hydrogen (secondary N) is 1. The lowest BCUT2D eigenvalue weighted by Crippen LogP contribution is -2.49. The van der Waals surface area contributed by atoms with E-state index in [1.165, 1.54) is 6.26 Å². The van der Waals surface area contributed by atoms with Crippen LogP contribution in [-0.2, 0) is 9.84 Å². The maximum absolute atomic E-state index is 11.2. The lowest BCUT2D eigenvalue weighted by atomic mass is 9.93. The van der Waals surface area contributed by atoms with Gasteiger partial charge in [0.15, 0.2) is 5.96 Å². The summed E-state index contributed by atoms with van der Waals surface area (Å²) in [5.41, 5.74) is 0. The molecular formula is C15H28IN5O2S. The second kappa shape index (κ2) is 9.59. The van der Waals surface area contributed by atoms with E-state index < -0.39 is 9.84 Å². The lowest BCUT2D eigenvalue weighted by molar-refractivity contribution is 0.189. The van der Waals surface area contributed by atoms with Crippen molar-refractivity contribution in [2.45, 2.75) is 25.8 Å². The molecule has 0 amide bonds. The minimum atomic E-state index is -2.90. The molecule has 0 spiro atoms. The molecule has 1 aromatic rings. The molecule has 0 radical (unpaired) electrons. The number of hydrogen-bond donors (Lipinski definition) is 1. The molecule has 24 heavy (non-hydrogen) atoms. The molecule has 1 fully saturated rings. The van der Waals surface area contributed by atoms with Gasteiger partial charge in [-0.15, -0.1) is 24.0 Å². The smallest absolute Gasteiger partial charge is 0.193 e. The van der Waals surface area contributed by atoms with Gasteiger partial charge in [0.25, 0.3) is 0 Å². The number of piperidine rings is 1. The monoisotopic (exact) mass is 469 g/mol. The van der Waals surface area contributed by atoms with Crippen molar-refractivity contribution < 1.29 is 8.42 Å². The van der Waals surface area contributed by atoms with E-state index in [0.717, 1.165) is 25.5 Å². The van der Waals surface area contributed by atoms with E-state index in [9.17, 15) is 8.42 Å². The van der Waals surface area contributed by atoms with E-state index in [1.807, 2.05) is 18.7 Å². The zero-order valence-corrected chi connectivity index (χ0v) is 17.7. The average molecular weight is 469 g/mol. The average Bonchev–Trinajstić information content (AvgIpc) is 3.01. The van der Waals surface area contributed by atoms with Crippen LogP contribution < -0.4 is 5.32 Å². The molecule has 9 heteroatoms. The van der Waals surface area contributed by atoms with Gasteiger partial charge < -0.3 is 14.8 Å². The number of imidazole rings is 1. The minimum Gasteiger partial charge on any atom is -0.356 e. The summed E-state index contributed by atoms with van der Waals surface area (Å²) in [4.78, 5) is 10.7. The first-order valence-electron chi connectivity index (χ1n) is 8.01. The molecule has 1 N–H and O–H groups in total. The van der Waals surface area contributed by atoms with Crippen molar-refractivity contribution in [2.75, 3.05) is 38.7 Å². The molecular weight excluding hydrogens is 441 g/mol. The Morgan fingerprint density at radius 1 is 1.46 bits per heavy atom. The van der Waals surface area contributed by atoms with Gasteiger partial charge in [-0.3, -0.25) is 4.99 Å². The molecule has 2 unspecified atom stereocenters. The minimum absolute atomic E-state index is 0. The number of guanidine groups is 1. The van der Waals surface area contributed by atoms with Gasteiger partial charge in [-0.05, 0) is 18.8 Å². The highest BCUT2D eigenvalue weighted by Gasteiger charge is 2.28. The van der Waals surface area contributed by atoms with Gasteiger partial charge >= 0.3 is 0 Å². The Balaban J connectivity index is 0.00000288. The summed E-state index contributed by atoms with van der Waals surface area (Å²) in [7, 11) is -1.14. The third kappa shape index (κ3) is 6.23. The number of aromatic nitrogens is 2. The molecule has 2 heterocycles. The maximum atomic E-state index is 11.2. The Labute approximate surface area is 161 Å². The van der Waals surface area contributed by atoms with Crippen molar-refractivity contribution in [1.82, 2.24) is 19.8 Å². The van der Waals surface area contributed by atoms with Crippen molar-refractivity contribution in [3.8, 4) is 0 Å². The number of rotatable bonds is 5. The molecule has 0 aromatic carbocycles. The second-order valence-corrected chi connectivity index (χ2v) is 8.51. The fraction of sp³-hybridized carbons (Fsp3) is 0.733. The van der Waals surface area contributed by atoms with Crippen LogP contribution in [0.5, 0.6) is 0 Å². The summed E-state index contributed by atoms with van der Waals surface area (Å²) in [6.07, 6.45) is 8.63. The molecule has 138 valence electrons. The number of sulfone groups is 1. The molecule has 0 bridgehead atoms. The number of aliphatic imine (C=N–C) groups is 1. The molecule has 1 aliphatic heterocycles. The van der Waals surface area contributed by atoms with Crippen LogP contribution in [0.25, 0.3) is 0 Å². The van der Waals surface area contributed by atoms with Crippen molar-refractivity contribution in [1.29, 1.82) is 0 Å². The van der Waals surface area contributed by atoms with E-state index in [2.05, 4.69) is 31.7 Å². The Hall–Kier alpha value is -0.840. The van der Waals surface area contributed by atoms with E-state index in [-0.39, 0.29) is 29.7 Å². The highest BCUT2D eigenvalue weighted by molar-refractivity contribution is 14.0. The molecule has 2 rings (SSSR count). The highest BCUT2D eigenvalue weighted by Crippen LogP contribution is 2.27. The van der Waals surface area contributed by atoms with Crippen LogP contribution >= 0.6 is 24.0 Å². The molecule has 1 aromatic heterocycles. The Morgan fingerprint density at radius 2 is 2.21 bits per heavy atom. The Morgan fingerprint density at radius 3 is 2.79 bits per heavy atom. The first kappa shape index (κ1) is 21.2. The summed E-state index contributed by atoms with van der Waals surface area (Å²) in [5.74, 6) is 1.63. The zero-order chi connectivity index (χ0) is 16.9. The van der Waals surface area contributed by atoms with Crippen LogP contribution in [0, 0.1) is 5.92 Å². The largest absolute Gasteiger partial charge is 0.356 e. The number of hydrogen-bond acceptors (Lipinski definition) is 4. The van der Waals surface area contributed by atoms with Gasteiger partial charge in [0, 0.05) is 45.3 Å². The van der Waals surface area contributed by atoms with Crippen molar-refractivity contribution >= 4 is 39.8 Å². The van der Waals surface area contributed by atoms with Crippen molar-refractivity contribution in [3.63, 3.8) is 0 Å². The molecule has 1 aliphatic rings. The number of likely N-dealkylation sites (tertiary alicyclic amines) is 1. The maximum Gasteiger partial charge on any atom is 0.193 e. The fourth-order valence-corrected chi connectivity index (χ4v) is 3.63. The van der Waals surface area contributed by atoms with Crippen LogP contribution in [0.1, 0.15) is 25.8 Å². The van der Waals surface area contributed by atoms with Crippen LogP contribution in [0.15, 0.2) is 23.7 Å². The van der Waals surface area contributed by atoms with E-state index in [1.54, 1.807) is 7.05 Å². The predicted molar refractivity (Wildman–Crippen MR) is 108 cm³/mol. The van der Waals surface area contributed by atoms with Crippen LogP contribution in [0.3, 0.4) is 0 Å². The first-order chi connectivity index (χ1) is 10.9. The van der Waals surface area contributed by atoms with Crippen molar-refractivity contribution in [3.05, 3.63) is 18.7 Å². The Kier molecular flexibility index (Phi) is 8.48. The normalized spacial score (nSPS) is 22.1. The molecule has 7 nitrogen and oxygen atoms in total.